The molecule has 4 rings (SSSR count). The molecule has 0 atom stereocenters. The Morgan fingerprint density at radius 3 is 2.45 bits per heavy atom. The molecule has 6 nitrogen and oxygen atoms in total. The Labute approximate surface area is 169 Å². The molecule has 1 fully saturated rings. The molecular weight excluding hydrogens is 366 g/mol. The zero-order valence-electron chi connectivity index (χ0n) is 16.5. The Morgan fingerprint density at radius 2 is 1.72 bits per heavy atom. The Balaban J connectivity index is 1.27. The Kier molecular flexibility index (Phi) is 5.62. The highest BCUT2D eigenvalue weighted by molar-refractivity contribution is 5.99. The fourth-order valence-electron chi connectivity index (χ4n) is 3.80. The number of hydrogen-bond donors (Lipinski definition) is 2. The van der Waals surface area contributed by atoms with Crippen molar-refractivity contribution in [1.29, 1.82) is 0 Å². The van der Waals surface area contributed by atoms with Crippen LogP contribution in [0.5, 0.6) is 0 Å². The molecule has 0 aliphatic carbocycles. The minimum absolute atomic E-state index is 0.0171. The average Bonchev–Trinajstić information content (AvgIpc) is 3.07. The fourth-order valence-corrected chi connectivity index (χ4v) is 3.80. The van der Waals surface area contributed by atoms with E-state index in [9.17, 15) is 9.59 Å². The van der Waals surface area contributed by atoms with Crippen LogP contribution in [0, 0.1) is 6.92 Å². The number of carbonyl (C=O) groups is 2. The first kappa shape index (κ1) is 19.2. The van der Waals surface area contributed by atoms with E-state index in [1.807, 2.05) is 61.5 Å². The number of piperidine rings is 1. The second-order valence-electron chi connectivity index (χ2n) is 7.49. The minimum Gasteiger partial charge on any atom is -0.451 e. The lowest BCUT2D eigenvalue weighted by Crippen LogP contribution is -2.46. The third-order valence-corrected chi connectivity index (χ3v) is 5.40. The van der Waals surface area contributed by atoms with Crippen molar-refractivity contribution in [3.05, 3.63) is 65.9 Å². The summed E-state index contributed by atoms with van der Waals surface area (Å²) in [6.45, 7) is 3.81. The maximum Gasteiger partial charge on any atom is 0.287 e. The van der Waals surface area contributed by atoms with Gasteiger partial charge in [-0.2, -0.15) is 0 Å². The summed E-state index contributed by atoms with van der Waals surface area (Å²) in [6.07, 6.45) is 1.62. The van der Waals surface area contributed by atoms with Gasteiger partial charge in [-0.1, -0.05) is 36.4 Å². The van der Waals surface area contributed by atoms with Crippen LogP contribution in [0.4, 0.5) is 5.69 Å². The van der Waals surface area contributed by atoms with E-state index in [4.69, 9.17) is 4.42 Å². The van der Waals surface area contributed by atoms with Gasteiger partial charge in [0.25, 0.3) is 5.91 Å². The van der Waals surface area contributed by atoms with E-state index < -0.39 is 0 Å². The summed E-state index contributed by atoms with van der Waals surface area (Å²) in [7, 11) is 0. The number of hydrogen-bond acceptors (Lipinski definition) is 4. The van der Waals surface area contributed by atoms with Crippen molar-refractivity contribution in [1.82, 2.24) is 10.2 Å². The Bertz CT molecular complexity index is 1000. The van der Waals surface area contributed by atoms with E-state index in [0.29, 0.717) is 12.3 Å². The average molecular weight is 391 g/mol. The van der Waals surface area contributed by atoms with Gasteiger partial charge < -0.3 is 15.1 Å². The highest BCUT2D eigenvalue weighted by Crippen LogP contribution is 2.25. The molecule has 29 heavy (non-hydrogen) atoms. The van der Waals surface area contributed by atoms with Gasteiger partial charge in [-0.15, -0.1) is 0 Å². The van der Waals surface area contributed by atoms with Crippen molar-refractivity contribution < 1.29 is 14.0 Å². The number of fused-ring (bicyclic) bond motifs is 1. The van der Waals surface area contributed by atoms with Crippen LogP contribution < -0.4 is 10.6 Å². The maximum absolute atomic E-state index is 12.7. The molecule has 2 heterocycles. The van der Waals surface area contributed by atoms with Crippen molar-refractivity contribution in [2.75, 3.05) is 25.0 Å². The lowest BCUT2D eigenvalue weighted by atomic mass is 10.0. The third kappa shape index (κ3) is 4.49. The molecule has 0 radical (unpaired) electrons. The molecule has 2 aromatic carbocycles. The molecule has 1 saturated heterocycles. The highest BCUT2D eigenvalue weighted by atomic mass is 16.3. The smallest absolute Gasteiger partial charge is 0.287 e. The Morgan fingerprint density at radius 1 is 1.03 bits per heavy atom. The first-order chi connectivity index (χ1) is 14.1. The van der Waals surface area contributed by atoms with E-state index in [1.165, 1.54) is 0 Å². The van der Waals surface area contributed by atoms with Crippen LogP contribution >= 0.6 is 0 Å². The van der Waals surface area contributed by atoms with Crippen molar-refractivity contribution >= 4 is 28.5 Å². The van der Waals surface area contributed by atoms with Gasteiger partial charge in [0.15, 0.2) is 5.76 Å². The lowest BCUT2D eigenvalue weighted by molar-refractivity contribution is -0.117. The standard InChI is InChI=1S/C23H25N3O3/c1-16-19-9-5-6-10-20(19)29-22(16)23(28)25-18-11-13-26(14-12-18)15-21(27)24-17-7-3-2-4-8-17/h2-10,18H,11-15H2,1H3,(H,24,27)(H,25,28). The molecule has 0 unspecified atom stereocenters. The second-order valence-corrected chi connectivity index (χ2v) is 7.49. The molecule has 0 spiro atoms. The van der Waals surface area contributed by atoms with Gasteiger partial charge in [0.05, 0.1) is 6.54 Å². The number of amides is 2. The normalized spacial score (nSPS) is 15.3. The van der Waals surface area contributed by atoms with Gasteiger partial charge in [-0.25, -0.2) is 0 Å². The number of carbonyl (C=O) groups excluding carboxylic acids is 2. The van der Waals surface area contributed by atoms with E-state index in [1.54, 1.807) is 0 Å². The summed E-state index contributed by atoms with van der Waals surface area (Å²) in [6, 6.07) is 17.2. The number of likely N-dealkylation sites (tertiary alicyclic amines) is 1. The van der Waals surface area contributed by atoms with Crippen molar-refractivity contribution in [3.63, 3.8) is 0 Å². The third-order valence-electron chi connectivity index (χ3n) is 5.40. The summed E-state index contributed by atoms with van der Waals surface area (Å²) in [5.74, 6) is 0.200. The minimum atomic E-state index is -0.168. The van der Waals surface area contributed by atoms with Crippen molar-refractivity contribution in [3.8, 4) is 0 Å². The van der Waals surface area contributed by atoms with Crippen LogP contribution in [0.25, 0.3) is 11.0 Å². The second kappa shape index (κ2) is 8.49. The zero-order chi connectivity index (χ0) is 20.2. The number of para-hydroxylation sites is 2. The van der Waals surface area contributed by atoms with Crippen LogP contribution in [-0.2, 0) is 4.79 Å². The first-order valence-corrected chi connectivity index (χ1v) is 9.96. The topological polar surface area (TPSA) is 74.6 Å². The molecule has 6 heteroatoms. The van der Waals surface area contributed by atoms with Crippen LogP contribution in [0.1, 0.15) is 29.0 Å². The number of nitrogens with zero attached hydrogens (tertiary/aromatic N) is 1. The fraction of sp³-hybridized carbons (Fsp3) is 0.304. The summed E-state index contributed by atoms with van der Waals surface area (Å²) >= 11 is 0. The van der Waals surface area contributed by atoms with Crippen molar-refractivity contribution in [2.24, 2.45) is 0 Å². The number of rotatable bonds is 5. The summed E-state index contributed by atoms with van der Waals surface area (Å²) in [5, 5.41) is 6.97. The predicted octanol–water partition coefficient (Wildman–Crippen LogP) is 3.57. The molecule has 1 aliphatic rings. The van der Waals surface area contributed by atoms with Crippen LogP contribution in [0.2, 0.25) is 0 Å². The zero-order valence-corrected chi connectivity index (χ0v) is 16.5. The van der Waals surface area contributed by atoms with Gasteiger partial charge in [0.2, 0.25) is 5.91 Å². The van der Waals surface area contributed by atoms with Crippen LogP contribution in [0.3, 0.4) is 0 Å². The predicted molar refractivity (Wildman–Crippen MR) is 113 cm³/mol. The van der Waals surface area contributed by atoms with E-state index in [0.717, 1.165) is 48.2 Å². The van der Waals surface area contributed by atoms with E-state index >= 15 is 0 Å². The van der Waals surface area contributed by atoms with Crippen LogP contribution in [0.15, 0.2) is 59.0 Å². The molecule has 150 valence electrons. The number of anilines is 1. The number of aryl methyl sites for hydroxylation is 1. The number of benzene rings is 2. The molecule has 1 aromatic heterocycles. The SMILES string of the molecule is Cc1c(C(=O)NC2CCN(CC(=O)Nc3ccccc3)CC2)oc2ccccc12. The summed E-state index contributed by atoms with van der Waals surface area (Å²) in [5.41, 5.74) is 2.41. The lowest BCUT2D eigenvalue weighted by Gasteiger charge is -2.31. The molecule has 1 aliphatic heterocycles. The van der Waals surface area contributed by atoms with Crippen molar-refractivity contribution in [2.45, 2.75) is 25.8 Å². The largest absolute Gasteiger partial charge is 0.451 e. The molecule has 0 bridgehead atoms. The molecule has 2 N–H and O–H groups in total. The first-order valence-electron chi connectivity index (χ1n) is 9.96. The molecule has 0 saturated carbocycles. The van der Waals surface area contributed by atoms with Gasteiger partial charge in [-0.05, 0) is 38.0 Å². The number of nitrogens with one attached hydrogen (secondary N) is 2. The van der Waals surface area contributed by atoms with Gasteiger partial charge in [0.1, 0.15) is 5.58 Å². The quantitative estimate of drug-likeness (QED) is 0.697. The highest BCUT2D eigenvalue weighted by Gasteiger charge is 2.25. The van der Waals surface area contributed by atoms with Gasteiger partial charge in [-0.3, -0.25) is 14.5 Å². The molecular formula is C23H25N3O3. The summed E-state index contributed by atoms with van der Waals surface area (Å²) in [4.78, 5) is 27.0. The van der Waals surface area contributed by atoms with E-state index in [-0.39, 0.29) is 17.9 Å². The van der Waals surface area contributed by atoms with Gasteiger partial charge in [0, 0.05) is 35.8 Å². The number of furan rings is 1. The molecule has 3 aromatic rings. The Hall–Kier alpha value is -3.12. The van der Waals surface area contributed by atoms with Crippen LogP contribution in [-0.4, -0.2) is 42.4 Å². The monoisotopic (exact) mass is 391 g/mol. The summed E-state index contributed by atoms with van der Waals surface area (Å²) < 4.78 is 5.76. The molecule has 2 amide bonds. The van der Waals surface area contributed by atoms with E-state index in [2.05, 4.69) is 15.5 Å². The van der Waals surface area contributed by atoms with Gasteiger partial charge >= 0.3 is 0 Å². The maximum atomic E-state index is 12.7.